The fraction of sp³-hybridized carbons (Fsp3) is 0.923. The highest BCUT2D eigenvalue weighted by Crippen LogP contribution is 2.38. The molecule has 1 aromatic heterocycles. The van der Waals surface area contributed by atoms with E-state index in [4.69, 9.17) is 0 Å². The van der Waals surface area contributed by atoms with E-state index in [0.717, 1.165) is 23.5 Å². The molecular weight excluding hydrogens is 258 g/mol. The molecule has 108 valence electrons. The van der Waals surface area contributed by atoms with Gasteiger partial charge in [0, 0.05) is 18.3 Å². The van der Waals surface area contributed by atoms with Crippen molar-refractivity contribution >= 4 is 11.8 Å². The fourth-order valence-electron chi connectivity index (χ4n) is 2.85. The van der Waals surface area contributed by atoms with Crippen LogP contribution >= 0.6 is 11.8 Å². The van der Waals surface area contributed by atoms with E-state index in [2.05, 4.69) is 41.6 Å². The zero-order valence-corrected chi connectivity index (χ0v) is 13.2. The monoisotopic (exact) mass is 283 g/mol. The molecule has 3 atom stereocenters. The van der Waals surface area contributed by atoms with Crippen molar-refractivity contribution in [3.8, 4) is 0 Å². The van der Waals surface area contributed by atoms with Crippen molar-refractivity contribution < 1.29 is 0 Å². The van der Waals surface area contributed by atoms with E-state index in [1.807, 2.05) is 18.8 Å². The number of aromatic nitrogens is 4. The van der Waals surface area contributed by atoms with Gasteiger partial charge in [-0.05, 0) is 48.1 Å². The number of nitrogens with one attached hydrogen (secondary N) is 1. The average Bonchev–Trinajstić information content (AvgIpc) is 2.77. The van der Waals surface area contributed by atoms with Crippen LogP contribution in [0.1, 0.15) is 40.0 Å². The Morgan fingerprint density at radius 3 is 2.79 bits per heavy atom. The lowest BCUT2D eigenvalue weighted by Crippen LogP contribution is -2.43. The summed E-state index contributed by atoms with van der Waals surface area (Å²) in [6.07, 6.45) is 3.86. The highest BCUT2D eigenvalue weighted by molar-refractivity contribution is 7.99. The molecule has 0 aromatic carbocycles. The molecule has 1 aromatic rings. The summed E-state index contributed by atoms with van der Waals surface area (Å²) in [5.41, 5.74) is 0. The maximum absolute atomic E-state index is 4.11. The summed E-state index contributed by atoms with van der Waals surface area (Å²) in [5, 5.41) is 16.9. The smallest absolute Gasteiger partial charge is 0.209 e. The summed E-state index contributed by atoms with van der Waals surface area (Å²) in [6, 6.07) is 0.585. The van der Waals surface area contributed by atoms with Gasteiger partial charge < -0.3 is 5.32 Å². The Hall–Kier alpha value is -0.620. The van der Waals surface area contributed by atoms with Crippen molar-refractivity contribution in [2.75, 3.05) is 6.54 Å². The van der Waals surface area contributed by atoms with Crippen LogP contribution in [-0.4, -0.2) is 38.0 Å². The van der Waals surface area contributed by atoms with Gasteiger partial charge in [-0.1, -0.05) is 32.5 Å². The van der Waals surface area contributed by atoms with Crippen molar-refractivity contribution in [2.45, 2.75) is 56.5 Å². The first-order valence-corrected chi connectivity index (χ1v) is 8.12. The second-order valence-corrected chi connectivity index (χ2v) is 6.93. The van der Waals surface area contributed by atoms with Crippen LogP contribution < -0.4 is 5.32 Å². The van der Waals surface area contributed by atoms with Gasteiger partial charge in [0.1, 0.15) is 0 Å². The lowest BCUT2D eigenvalue weighted by atomic mass is 9.79. The van der Waals surface area contributed by atoms with E-state index in [-0.39, 0.29) is 0 Å². The molecule has 0 bridgehead atoms. The number of hydrogen-bond acceptors (Lipinski definition) is 5. The van der Waals surface area contributed by atoms with E-state index in [1.165, 1.54) is 19.3 Å². The van der Waals surface area contributed by atoms with Crippen molar-refractivity contribution in [1.29, 1.82) is 0 Å². The quantitative estimate of drug-likeness (QED) is 0.897. The van der Waals surface area contributed by atoms with Gasteiger partial charge in [-0.3, -0.25) is 0 Å². The normalized spacial score (nSPS) is 27.9. The molecule has 0 amide bonds. The molecule has 1 aliphatic rings. The van der Waals surface area contributed by atoms with Crippen LogP contribution in [0.4, 0.5) is 0 Å². The molecule has 0 aliphatic heterocycles. The van der Waals surface area contributed by atoms with Crippen molar-refractivity contribution in [3.63, 3.8) is 0 Å². The van der Waals surface area contributed by atoms with E-state index in [9.17, 15) is 0 Å². The van der Waals surface area contributed by atoms with Crippen LogP contribution in [-0.2, 0) is 7.05 Å². The Labute approximate surface area is 119 Å². The van der Waals surface area contributed by atoms with Crippen molar-refractivity contribution in [1.82, 2.24) is 25.5 Å². The van der Waals surface area contributed by atoms with E-state index >= 15 is 0 Å². The molecule has 5 nitrogen and oxygen atoms in total. The maximum atomic E-state index is 4.11. The fourth-order valence-corrected chi connectivity index (χ4v) is 4.13. The molecule has 0 spiro atoms. The van der Waals surface area contributed by atoms with Crippen molar-refractivity contribution in [2.24, 2.45) is 18.9 Å². The predicted octanol–water partition coefficient (Wildman–Crippen LogP) is 2.10. The summed E-state index contributed by atoms with van der Waals surface area (Å²) in [7, 11) is 1.91. The molecule has 2 rings (SSSR count). The van der Waals surface area contributed by atoms with Gasteiger partial charge in [-0.2, -0.15) is 0 Å². The van der Waals surface area contributed by atoms with Gasteiger partial charge in [-0.25, -0.2) is 4.68 Å². The van der Waals surface area contributed by atoms with E-state index < -0.39 is 0 Å². The largest absolute Gasteiger partial charge is 0.313 e. The third kappa shape index (κ3) is 3.69. The molecule has 3 unspecified atom stereocenters. The molecule has 0 radical (unpaired) electrons. The molecule has 19 heavy (non-hydrogen) atoms. The summed E-state index contributed by atoms with van der Waals surface area (Å²) in [6.45, 7) is 7.89. The highest BCUT2D eigenvalue weighted by Gasteiger charge is 2.32. The first-order chi connectivity index (χ1) is 9.11. The molecule has 1 heterocycles. The molecule has 0 saturated heterocycles. The van der Waals surface area contributed by atoms with Gasteiger partial charge in [-0.15, -0.1) is 5.10 Å². The van der Waals surface area contributed by atoms with Gasteiger partial charge in [0.15, 0.2) is 0 Å². The van der Waals surface area contributed by atoms with Gasteiger partial charge >= 0.3 is 0 Å². The Morgan fingerprint density at radius 1 is 1.42 bits per heavy atom. The number of hydrogen-bond donors (Lipinski definition) is 1. The molecular formula is C13H25N5S. The lowest BCUT2D eigenvalue weighted by Gasteiger charge is -2.37. The zero-order valence-electron chi connectivity index (χ0n) is 12.3. The summed E-state index contributed by atoms with van der Waals surface area (Å²) < 4.78 is 1.77. The molecule has 6 heteroatoms. The van der Waals surface area contributed by atoms with Crippen LogP contribution in [0, 0.1) is 11.8 Å². The first-order valence-electron chi connectivity index (χ1n) is 7.24. The predicted molar refractivity (Wildman–Crippen MR) is 78.1 cm³/mol. The van der Waals surface area contributed by atoms with Gasteiger partial charge in [0.25, 0.3) is 0 Å². The average molecular weight is 283 g/mol. The third-order valence-corrected chi connectivity index (χ3v) is 5.46. The number of aryl methyl sites for hydroxylation is 1. The maximum Gasteiger partial charge on any atom is 0.209 e. The summed E-state index contributed by atoms with van der Waals surface area (Å²) in [5.74, 6) is 1.59. The Kier molecular flexibility index (Phi) is 5.21. The van der Waals surface area contributed by atoms with Crippen LogP contribution in [0.15, 0.2) is 5.16 Å². The van der Waals surface area contributed by atoms with Gasteiger partial charge in [0.05, 0.1) is 0 Å². The molecule has 1 fully saturated rings. The third-order valence-electron chi connectivity index (χ3n) is 4.08. The van der Waals surface area contributed by atoms with Gasteiger partial charge in [0.2, 0.25) is 5.16 Å². The molecule has 1 saturated carbocycles. The van der Waals surface area contributed by atoms with Crippen molar-refractivity contribution in [3.05, 3.63) is 0 Å². The topological polar surface area (TPSA) is 55.6 Å². The highest BCUT2D eigenvalue weighted by atomic mass is 32.2. The van der Waals surface area contributed by atoms with Crippen LogP contribution in [0.2, 0.25) is 0 Å². The molecule has 1 aliphatic carbocycles. The van der Waals surface area contributed by atoms with Crippen LogP contribution in [0.25, 0.3) is 0 Å². The number of rotatable bonds is 5. The second kappa shape index (κ2) is 6.70. The Balaban J connectivity index is 2.05. The molecule has 1 N–H and O–H groups in total. The lowest BCUT2D eigenvalue weighted by molar-refractivity contribution is 0.247. The minimum absolute atomic E-state index is 0.575. The minimum Gasteiger partial charge on any atom is -0.313 e. The zero-order chi connectivity index (χ0) is 13.8. The van der Waals surface area contributed by atoms with Crippen LogP contribution in [0.5, 0.6) is 0 Å². The summed E-state index contributed by atoms with van der Waals surface area (Å²) >= 11 is 1.83. The minimum atomic E-state index is 0.575. The SMILES string of the molecule is CCNC1CCC(C(C)C)CC1Sc1nnnn1C. The second-order valence-electron chi connectivity index (χ2n) is 5.72. The Bertz CT molecular complexity index is 392. The standard InChI is InChI=1S/C13H25N5S/c1-5-14-11-7-6-10(9(2)3)8-12(11)19-13-15-16-17-18(13)4/h9-12,14H,5-8H2,1-4H3. The number of nitrogens with zero attached hydrogens (tertiary/aromatic N) is 4. The summed E-state index contributed by atoms with van der Waals surface area (Å²) in [4.78, 5) is 0. The van der Waals surface area contributed by atoms with E-state index in [1.54, 1.807) is 4.68 Å². The first kappa shape index (κ1) is 14.8. The number of thioether (sulfide) groups is 1. The van der Waals surface area contributed by atoms with Crippen LogP contribution in [0.3, 0.4) is 0 Å². The Morgan fingerprint density at radius 2 is 2.21 bits per heavy atom. The van der Waals surface area contributed by atoms with E-state index in [0.29, 0.717) is 11.3 Å². The number of tetrazole rings is 1.